The molecule has 1 aromatic heterocycles. The van der Waals surface area contributed by atoms with Crippen LogP contribution < -0.4 is 10.6 Å². The zero-order valence-corrected chi connectivity index (χ0v) is 14.0. The highest BCUT2D eigenvalue weighted by atomic mass is 79.9. The number of hydrogen-bond acceptors (Lipinski definition) is 5. The first-order valence-electron chi connectivity index (χ1n) is 6.60. The summed E-state index contributed by atoms with van der Waals surface area (Å²) in [5.41, 5.74) is 1.18. The summed E-state index contributed by atoms with van der Waals surface area (Å²) in [5.74, 6) is 0. The molecule has 0 radical (unpaired) electrons. The van der Waals surface area contributed by atoms with Crippen LogP contribution in [0.25, 0.3) is 0 Å². The lowest BCUT2D eigenvalue weighted by atomic mass is 10.2. The standard InChI is InChI=1S/C14H16BrN3O2S/c1-2-7-16-11-4-3-5-12(14(11)18(19)20)17-9-13-10(15)6-8-21-13/h3-6,8,16-17H,2,7,9H2,1H3. The second-order valence-electron chi connectivity index (χ2n) is 4.43. The van der Waals surface area contributed by atoms with Crippen molar-refractivity contribution < 1.29 is 4.92 Å². The number of thiophene rings is 1. The van der Waals surface area contributed by atoms with Gasteiger partial charge in [-0.05, 0) is 45.9 Å². The van der Waals surface area contributed by atoms with Crippen molar-refractivity contribution in [2.24, 2.45) is 0 Å². The number of nitro benzene ring substituents is 1. The van der Waals surface area contributed by atoms with Crippen molar-refractivity contribution in [3.05, 3.63) is 49.1 Å². The van der Waals surface area contributed by atoms with Crippen LogP contribution in [0.3, 0.4) is 0 Å². The molecule has 0 saturated heterocycles. The summed E-state index contributed by atoms with van der Waals surface area (Å²) in [7, 11) is 0. The molecule has 21 heavy (non-hydrogen) atoms. The third-order valence-electron chi connectivity index (χ3n) is 2.91. The predicted molar refractivity (Wildman–Crippen MR) is 91.2 cm³/mol. The van der Waals surface area contributed by atoms with E-state index in [2.05, 4.69) is 26.6 Å². The highest BCUT2D eigenvalue weighted by Gasteiger charge is 2.19. The Balaban J connectivity index is 2.21. The lowest BCUT2D eigenvalue weighted by Gasteiger charge is -2.11. The zero-order valence-electron chi connectivity index (χ0n) is 11.6. The van der Waals surface area contributed by atoms with Crippen LogP contribution in [0.2, 0.25) is 0 Å². The molecule has 112 valence electrons. The van der Waals surface area contributed by atoms with Crippen molar-refractivity contribution in [1.82, 2.24) is 0 Å². The van der Waals surface area contributed by atoms with Crippen LogP contribution in [-0.4, -0.2) is 11.5 Å². The summed E-state index contributed by atoms with van der Waals surface area (Å²) in [5, 5.41) is 19.6. The molecule has 7 heteroatoms. The molecule has 0 fully saturated rings. The van der Waals surface area contributed by atoms with Crippen molar-refractivity contribution in [2.45, 2.75) is 19.9 Å². The van der Waals surface area contributed by atoms with Gasteiger partial charge in [0.15, 0.2) is 0 Å². The molecular weight excluding hydrogens is 354 g/mol. The van der Waals surface area contributed by atoms with Gasteiger partial charge in [0.2, 0.25) is 0 Å². The summed E-state index contributed by atoms with van der Waals surface area (Å²) in [6.45, 7) is 3.28. The van der Waals surface area contributed by atoms with E-state index in [1.165, 1.54) is 0 Å². The number of nitrogens with one attached hydrogen (secondary N) is 2. The lowest BCUT2D eigenvalue weighted by molar-refractivity contribution is -0.383. The Morgan fingerprint density at radius 2 is 2.00 bits per heavy atom. The Hall–Kier alpha value is -1.60. The van der Waals surface area contributed by atoms with Gasteiger partial charge in [-0.15, -0.1) is 11.3 Å². The van der Waals surface area contributed by atoms with Gasteiger partial charge in [0.25, 0.3) is 0 Å². The molecule has 0 bridgehead atoms. The molecule has 0 atom stereocenters. The van der Waals surface area contributed by atoms with E-state index in [1.807, 2.05) is 24.4 Å². The second-order valence-corrected chi connectivity index (χ2v) is 6.29. The Morgan fingerprint density at radius 3 is 2.57 bits per heavy atom. The molecule has 2 aromatic rings. The van der Waals surface area contributed by atoms with E-state index in [0.29, 0.717) is 24.5 Å². The lowest BCUT2D eigenvalue weighted by Crippen LogP contribution is -2.07. The average Bonchev–Trinajstić information content (AvgIpc) is 2.87. The van der Waals surface area contributed by atoms with Gasteiger partial charge in [0.1, 0.15) is 11.4 Å². The third-order valence-corrected chi connectivity index (χ3v) is 4.84. The van der Waals surface area contributed by atoms with E-state index in [4.69, 9.17) is 0 Å². The minimum absolute atomic E-state index is 0.0960. The molecule has 1 aromatic carbocycles. The molecule has 0 unspecified atom stereocenters. The number of nitrogens with zero attached hydrogens (tertiary/aromatic N) is 1. The van der Waals surface area contributed by atoms with Gasteiger partial charge >= 0.3 is 5.69 Å². The number of halogens is 1. The van der Waals surface area contributed by atoms with Gasteiger partial charge in [0, 0.05) is 15.9 Å². The maximum absolute atomic E-state index is 11.4. The highest BCUT2D eigenvalue weighted by molar-refractivity contribution is 9.10. The van der Waals surface area contributed by atoms with E-state index >= 15 is 0 Å². The summed E-state index contributed by atoms with van der Waals surface area (Å²) in [4.78, 5) is 12.1. The first kappa shape index (κ1) is 15.8. The number of benzene rings is 1. The van der Waals surface area contributed by atoms with Crippen molar-refractivity contribution >= 4 is 44.3 Å². The van der Waals surface area contributed by atoms with Crippen molar-refractivity contribution in [3.63, 3.8) is 0 Å². The smallest absolute Gasteiger partial charge is 0.315 e. The van der Waals surface area contributed by atoms with Crippen LogP contribution in [0.1, 0.15) is 18.2 Å². The van der Waals surface area contributed by atoms with Crippen LogP contribution in [-0.2, 0) is 6.54 Å². The molecule has 1 heterocycles. The molecular formula is C14H16BrN3O2S. The van der Waals surface area contributed by atoms with E-state index in [9.17, 15) is 10.1 Å². The Labute approximate surface area is 135 Å². The minimum atomic E-state index is -0.343. The normalized spacial score (nSPS) is 10.4. The van der Waals surface area contributed by atoms with E-state index in [1.54, 1.807) is 23.5 Å². The van der Waals surface area contributed by atoms with Gasteiger partial charge in [-0.2, -0.15) is 0 Å². The maximum atomic E-state index is 11.4. The van der Waals surface area contributed by atoms with Crippen LogP contribution in [0.5, 0.6) is 0 Å². The van der Waals surface area contributed by atoms with E-state index < -0.39 is 0 Å². The van der Waals surface area contributed by atoms with Gasteiger partial charge in [0.05, 0.1) is 11.5 Å². The monoisotopic (exact) mass is 369 g/mol. The fraction of sp³-hybridized carbons (Fsp3) is 0.286. The Kier molecular flexibility index (Phi) is 5.58. The molecule has 0 amide bonds. The SMILES string of the molecule is CCCNc1cccc(NCc2sccc2Br)c1[N+](=O)[O-]. The fourth-order valence-corrected chi connectivity index (χ4v) is 3.34. The van der Waals surface area contributed by atoms with Crippen LogP contribution in [0.15, 0.2) is 34.1 Å². The summed E-state index contributed by atoms with van der Waals surface area (Å²) in [6.07, 6.45) is 0.914. The largest absolute Gasteiger partial charge is 0.379 e. The number of rotatable bonds is 7. The first-order chi connectivity index (χ1) is 10.1. The molecule has 0 aliphatic heterocycles. The number of anilines is 2. The molecule has 2 N–H and O–H groups in total. The predicted octanol–water partition coefficient (Wildman–Crippen LogP) is 4.85. The van der Waals surface area contributed by atoms with Crippen LogP contribution >= 0.6 is 27.3 Å². The van der Waals surface area contributed by atoms with E-state index in [-0.39, 0.29) is 10.6 Å². The van der Waals surface area contributed by atoms with E-state index in [0.717, 1.165) is 15.8 Å². The quantitative estimate of drug-likeness (QED) is 0.540. The molecule has 0 aliphatic carbocycles. The molecule has 0 aliphatic rings. The molecule has 5 nitrogen and oxygen atoms in total. The summed E-state index contributed by atoms with van der Waals surface area (Å²) < 4.78 is 1.02. The summed E-state index contributed by atoms with van der Waals surface area (Å²) >= 11 is 5.07. The van der Waals surface area contributed by atoms with Gasteiger partial charge in [-0.3, -0.25) is 10.1 Å². The van der Waals surface area contributed by atoms with Crippen LogP contribution in [0.4, 0.5) is 17.1 Å². The fourth-order valence-electron chi connectivity index (χ4n) is 1.91. The molecule has 2 rings (SSSR count). The van der Waals surface area contributed by atoms with Crippen molar-refractivity contribution in [1.29, 1.82) is 0 Å². The maximum Gasteiger partial charge on any atom is 0.315 e. The first-order valence-corrected chi connectivity index (χ1v) is 8.27. The van der Waals surface area contributed by atoms with Crippen molar-refractivity contribution in [2.75, 3.05) is 17.2 Å². The highest BCUT2D eigenvalue weighted by Crippen LogP contribution is 2.34. The Bertz CT molecular complexity index is 630. The summed E-state index contributed by atoms with van der Waals surface area (Å²) in [6, 6.07) is 7.25. The van der Waals surface area contributed by atoms with Crippen LogP contribution in [0, 0.1) is 10.1 Å². The topological polar surface area (TPSA) is 67.2 Å². The zero-order chi connectivity index (χ0) is 15.2. The minimum Gasteiger partial charge on any atom is -0.379 e. The third kappa shape index (κ3) is 3.95. The Morgan fingerprint density at radius 1 is 1.29 bits per heavy atom. The second kappa shape index (κ2) is 7.42. The van der Waals surface area contributed by atoms with Gasteiger partial charge in [-0.1, -0.05) is 13.0 Å². The average molecular weight is 370 g/mol. The number of hydrogen-bond donors (Lipinski definition) is 2. The van der Waals surface area contributed by atoms with Gasteiger partial charge in [-0.25, -0.2) is 0 Å². The van der Waals surface area contributed by atoms with Crippen molar-refractivity contribution in [3.8, 4) is 0 Å². The number of para-hydroxylation sites is 1. The van der Waals surface area contributed by atoms with Gasteiger partial charge < -0.3 is 10.6 Å². The number of nitro groups is 1. The molecule has 0 saturated carbocycles. The molecule has 0 spiro atoms.